The Kier molecular flexibility index (Phi) is 7.28. The van der Waals surface area contributed by atoms with Crippen molar-refractivity contribution in [2.45, 2.75) is 57.5 Å². The predicted molar refractivity (Wildman–Crippen MR) is 75.7 cm³/mol. The summed E-state index contributed by atoms with van der Waals surface area (Å²) in [6.45, 7) is 3.96. The highest BCUT2D eigenvalue weighted by molar-refractivity contribution is 5.81. The van der Waals surface area contributed by atoms with Gasteiger partial charge in [-0.2, -0.15) is 0 Å². The second kappa shape index (κ2) is 8.48. The Labute approximate surface area is 111 Å². The van der Waals surface area contributed by atoms with Crippen molar-refractivity contribution in [1.82, 2.24) is 15.5 Å². The molecule has 0 bridgehead atoms. The number of carbonyl (C=O) groups excluding carboxylic acids is 1. The van der Waals surface area contributed by atoms with Gasteiger partial charge in [-0.05, 0) is 53.4 Å². The van der Waals surface area contributed by atoms with E-state index in [-0.39, 0.29) is 11.9 Å². The van der Waals surface area contributed by atoms with Crippen LogP contribution in [0, 0.1) is 0 Å². The topological polar surface area (TPSA) is 44.4 Å². The molecule has 18 heavy (non-hydrogen) atoms. The number of hydrogen-bond acceptors (Lipinski definition) is 3. The van der Waals surface area contributed by atoms with Gasteiger partial charge in [0.15, 0.2) is 0 Å². The molecule has 4 heteroatoms. The molecular formula is C14H29N3O. The van der Waals surface area contributed by atoms with Crippen LogP contribution in [-0.2, 0) is 4.79 Å². The minimum atomic E-state index is -0.0243. The Morgan fingerprint density at radius 3 is 2.61 bits per heavy atom. The molecule has 106 valence electrons. The van der Waals surface area contributed by atoms with Gasteiger partial charge < -0.3 is 10.6 Å². The number of nitrogens with zero attached hydrogens (tertiary/aromatic N) is 1. The summed E-state index contributed by atoms with van der Waals surface area (Å²) >= 11 is 0. The summed E-state index contributed by atoms with van der Waals surface area (Å²) in [6, 6.07) is 0.392. The molecule has 2 N–H and O–H groups in total. The van der Waals surface area contributed by atoms with Gasteiger partial charge in [0.25, 0.3) is 0 Å². The van der Waals surface area contributed by atoms with E-state index in [1.165, 1.54) is 19.3 Å². The Balaban J connectivity index is 2.25. The van der Waals surface area contributed by atoms with Gasteiger partial charge in [0.05, 0.1) is 6.04 Å². The maximum atomic E-state index is 12.1. The first kappa shape index (κ1) is 15.4. The van der Waals surface area contributed by atoms with Crippen molar-refractivity contribution in [3.63, 3.8) is 0 Å². The average Bonchev–Trinajstić information content (AvgIpc) is 2.39. The van der Waals surface area contributed by atoms with Crippen molar-refractivity contribution in [3.05, 3.63) is 0 Å². The Hall–Kier alpha value is -0.610. The van der Waals surface area contributed by atoms with Crippen LogP contribution in [0.25, 0.3) is 0 Å². The minimum Gasteiger partial charge on any atom is -0.352 e. The SMILES string of the molecule is CNCCCN(C)C(C)C(=O)NC1CCCCC1. The molecule has 0 aromatic rings. The second-order valence-electron chi connectivity index (χ2n) is 5.46. The van der Waals surface area contributed by atoms with Gasteiger partial charge in [0.2, 0.25) is 5.91 Å². The molecule has 1 fully saturated rings. The van der Waals surface area contributed by atoms with Crippen LogP contribution >= 0.6 is 0 Å². The Morgan fingerprint density at radius 1 is 1.33 bits per heavy atom. The van der Waals surface area contributed by atoms with Crippen LogP contribution < -0.4 is 10.6 Å². The summed E-state index contributed by atoms with van der Waals surface area (Å²) in [5.41, 5.74) is 0. The first-order valence-electron chi connectivity index (χ1n) is 7.30. The van der Waals surface area contributed by atoms with E-state index in [4.69, 9.17) is 0 Å². The van der Waals surface area contributed by atoms with Gasteiger partial charge in [-0.3, -0.25) is 9.69 Å². The fraction of sp³-hybridized carbons (Fsp3) is 0.929. The van der Waals surface area contributed by atoms with Crippen LogP contribution in [0.5, 0.6) is 0 Å². The lowest BCUT2D eigenvalue weighted by molar-refractivity contribution is -0.126. The maximum absolute atomic E-state index is 12.1. The van der Waals surface area contributed by atoms with Crippen molar-refractivity contribution in [2.75, 3.05) is 27.2 Å². The lowest BCUT2D eigenvalue weighted by Crippen LogP contribution is -2.47. The lowest BCUT2D eigenvalue weighted by atomic mass is 9.95. The summed E-state index contributed by atoms with van der Waals surface area (Å²) in [4.78, 5) is 14.3. The summed E-state index contributed by atoms with van der Waals surface area (Å²) in [6.07, 6.45) is 7.23. The van der Waals surface area contributed by atoms with Crippen LogP contribution in [0.2, 0.25) is 0 Å². The molecule has 1 saturated carbocycles. The largest absolute Gasteiger partial charge is 0.352 e. The van der Waals surface area contributed by atoms with E-state index in [2.05, 4.69) is 15.5 Å². The highest BCUT2D eigenvalue weighted by atomic mass is 16.2. The molecule has 0 radical (unpaired) electrons. The molecule has 0 aliphatic heterocycles. The average molecular weight is 255 g/mol. The third-order valence-electron chi connectivity index (χ3n) is 3.93. The van der Waals surface area contributed by atoms with Crippen molar-refractivity contribution >= 4 is 5.91 Å². The lowest BCUT2D eigenvalue weighted by Gasteiger charge is -2.28. The molecule has 1 aliphatic rings. The number of amides is 1. The molecule has 1 unspecified atom stereocenters. The number of likely N-dealkylation sites (N-methyl/N-ethyl adjacent to an activating group) is 1. The number of carbonyl (C=O) groups is 1. The third-order valence-corrected chi connectivity index (χ3v) is 3.93. The standard InChI is InChI=1S/C14H29N3O/c1-12(17(3)11-7-10-15-2)14(18)16-13-8-5-4-6-9-13/h12-13,15H,4-11H2,1-3H3,(H,16,18). The first-order chi connectivity index (χ1) is 8.65. The molecule has 1 amide bonds. The molecule has 4 nitrogen and oxygen atoms in total. The number of nitrogens with one attached hydrogen (secondary N) is 2. The summed E-state index contributed by atoms with van der Waals surface area (Å²) < 4.78 is 0. The van der Waals surface area contributed by atoms with E-state index in [1.807, 2.05) is 21.0 Å². The third kappa shape index (κ3) is 5.36. The van der Waals surface area contributed by atoms with Crippen molar-refractivity contribution in [1.29, 1.82) is 0 Å². The predicted octanol–water partition coefficient (Wildman–Crippen LogP) is 1.37. The van der Waals surface area contributed by atoms with Gasteiger partial charge in [0, 0.05) is 6.04 Å². The van der Waals surface area contributed by atoms with Gasteiger partial charge >= 0.3 is 0 Å². The Bertz CT molecular complexity index is 239. The van der Waals surface area contributed by atoms with Gasteiger partial charge in [-0.25, -0.2) is 0 Å². The zero-order valence-corrected chi connectivity index (χ0v) is 12.2. The fourth-order valence-corrected chi connectivity index (χ4v) is 2.47. The van der Waals surface area contributed by atoms with Crippen molar-refractivity contribution in [3.8, 4) is 0 Å². The molecule has 1 aliphatic carbocycles. The molecule has 0 heterocycles. The van der Waals surface area contributed by atoms with Gasteiger partial charge in [0.1, 0.15) is 0 Å². The van der Waals surface area contributed by atoms with Crippen LogP contribution in [-0.4, -0.2) is 50.1 Å². The van der Waals surface area contributed by atoms with Gasteiger partial charge in [-0.15, -0.1) is 0 Å². The molecule has 0 aromatic carbocycles. The van der Waals surface area contributed by atoms with Gasteiger partial charge in [-0.1, -0.05) is 19.3 Å². The van der Waals surface area contributed by atoms with Crippen LogP contribution in [0.3, 0.4) is 0 Å². The summed E-state index contributed by atoms with van der Waals surface area (Å²) in [7, 11) is 3.99. The van der Waals surface area contributed by atoms with Crippen LogP contribution in [0.1, 0.15) is 45.4 Å². The molecule has 1 rings (SSSR count). The van der Waals surface area contributed by atoms with Crippen LogP contribution in [0.4, 0.5) is 0 Å². The molecule has 0 spiro atoms. The molecule has 1 atom stereocenters. The second-order valence-corrected chi connectivity index (χ2v) is 5.46. The van der Waals surface area contributed by atoms with E-state index in [9.17, 15) is 4.79 Å². The highest BCUT2D eigenvalue weighted by Gasteiger charge is 2.21. The van der Waals surface area contributed by atoms with Crippen molar-refractivity contribution in [2.24, 2.45) is 0 Å². The van der Waals surface area contributed by atoms with E-state index in [0.717, 1.165) is 32.4 Å². The van der Waals surface area contributed by atoms with E-state index >= 15 is 0 Å². The zero-order chi connectivity index (χ0) is 13.4. The fourth-order valence-electron chi connectivity index (χ4n) is 2.47. The summed E-state index contributed by atoms with van der Waals surface area (Å²) in [5.74, 6) is 0.189. The van der Waals surface area contributed by atoms with E-state index in [1.54, 1.807) is 0 Å². The molecular weight excluding hydrogens is 226 g/mol. The minimum absolute atomic E-state index is 0.0243. The number of rotatable bonds is 7. The smallest absolute Gasteiger partial charge is 0.237 e. The van der Waals surface area contributed by atoms with Crippen LogP contribution in [0.15, 0.2) is 0 Å². The Morgan fingerprint density at radius 2 is 2.00 bits per heavy atom. The first-order valence-corrected chi connectivity index (χ1v) is 7.30. The molecule has 0 aromatic heterocycles. The van der Waals surface area contributed by atoms with E-state index in [0.29, 0.717) is 6.04 Å². The number of hydrogen-bond donors (Lipinski definition) is 2. The molecule has 0 saturated heterocycles. The zero-order valence-electron chi connectivity index (χ0n) is 12.2. The highest BCUT2D eigenvalue weighted by Crippen LogP contribution is 2.17. The maximum Gasteiger partial charge on any atom is 0.237 e. The van der Waals surface area contributed by atoms with E-state index < -0.39 is 0 Å². The monoisotopic (exact) mass is 255 g/mol. The normalized spacial score (nSPS) is 18.9. The quantitative estimate of drug-likeness (QED) is 0.675. The summed E-state index contributed by atoms with van der Waals surface area (Å²) in [5, 5.41) is 6.32. The van der Waals surface area contributed by atoms with Crippen molar-refractivity contribution < 1.29 is 4.79 Å².